The molecule has 0 radical (unpaired) electrons. The van der Waals surface area contributed by atoms with E-state index in [9.17, 15) is 18.0 Å². The van der Waals surface area contributed by atoms with E-state index in [0.717, 1.165) is 4.90 Å². The molecule has 2 aliphatic rings. The van der Waals surface area contributed by atoms with E-state index in [4.69, 9.17) is 4.74 Å². The molecule has 0 spiro atoms. The zero-order valence-corrected chi connectivity index (χ0v) is 16.2. The second-order valence-corrected chi connectivity index (χ2v) is 9.59. The fourth-order valence-electron chi connectivity index (χ4n) is 2.78. The van der Waals surface area contributed by atoms with Gasteiger partial charge >= 0.3 is 0 Å². The third-order valence-electron chi connectivity index (χ3n) is 4.45. The van der Waals surface area contributed by atoms with Crippen LogP contribution in [0.15, 0.2) is 28.0 Å². The molecule has 0 aliphatic carbocycles. The first-order valence-electron chi connectivity index (χ1n) is 8.53. The van der Waals surface area contributed by atoms with Crippen LogP contribution in [-0.2, 0) is 24.2 Å². The Bertz CT molecular complexity index is 803. The number of carbonyl (C=O) groups excluding carboxylic acids is 2. The average Bonchev–Trinajstić information content (AvgIpc) is 2.78. The van der Waals surface area contributed by atoms with Crippen molar-refractivity contribution in [2.45, 2.75) is 23.1 Å². The molecule has 7 nitrogen and oxygen atoms in total. The van der Waals surface area contributed by atoms with Crippen molar-refractivity contribution in [3.05, 3.63) is 18.2 Å². The summed E-state index contributed by atoms with van der Waals surface area (Å²) in [5.74, 6) is -0.0328. The van der Waals surface area contributed by atoms with Crippen LogP contribution in [0, 0.1) is 5.92 Å². The quantitative estimate of drug-likeness (QED) is 0.824. The fraction of sp³-hybridized carbons (Fsp3) is 0.529. The van der Waals surface area contributed by atoms with Crippen molar-refractivity contribution in [1.29, 1.82) is 0 Å². The first-order chi connectivity index (χ1) is 12.4. The molecule has 2 heterocycles. The number of fused-ring (bicyclic) bond motifs is 1. The highest BCUT2D eigenvalue weighted by Gasteiger charge is 2.24. The Morgan fingerprint density at radius 3 is 2.81 bits per heavy atom. The van der Waals surface area contributed by atoms with E-state index >= 15 is 0 Å². The highest BCUT2D eigenvalue weighted by atomic mass is 32.2. The molecule has 9 heteroatoms. The lowest BCUT2D eigenvalue weighted by molar-refractivity contribution is -0.134. The molecule has 1 aromatic rings. The van der Waals surface area contributed by atoms with Crippen molar-refractivity contribution in [1.82, 2.24) is 4.90 Å². The maximum atomic E-state index is 12.6. The van der Waals surface area contributed by atoms with Gasteiger partial charge in [-0.15, -0.1) is 11.8 Å². The highest BCUT2D eigenvalue weighted by molar-refractivity contribution is 7.99. The molecular weight excluding hydrogens is 376 g/mol. The number of hydrogen-bond acceptors (Lipinski definition) is 6. The van der Waals surface area contributed by atoms with E-state index in [1.807, 2.05) is 6.92 Å². The van der Waals surface area contributed by atoms with Gasteiger partial charge in [0.1, 0.15) is 0 Å². The predicted molar refractivity (Wildman–Crippen MR) is 99.0 cm³/mol. The summed E-state index contributed by atoms with van der Waals surface area (Å²) in [6, 6.07) is 4.75. The molecule has 2 amide bonds. The minimum atomic E-state index is -3.61. The molecule has 0 unspecified atom stereocenters. The Hall–Kier alpha value is -1.58. The molecule has 0 bridgehead atoms. The molecule has 1 N–H and O–H groups in total. The summed E-state index contributed by atoms with van der Waals surface area (Å²) in [6.07, 6.45) is -0.0580. The van der Waals surface area contributed by atoms with Crippen LogP contribution in [0.5, 0.6) is 0 Å². The van der Waals surface area contributed by atoms with Gasteiger partial charge in [-0.2, -0.15) is 0 Å². The first kappa shape index (κ1) is 19.2. The maximum Gasteiger partial charge on any atom is 0.228 e. The Labute approximate surface area is 157 Å². The van der Waals surface area contributed by atoms with Gasteiger partial charge in [-0.1, -0.05) is 6.92 Å². The molecule has 1 saturated heterocycles. The van der Waals surface area contributed by atoms with E-state index in [-0.39, 0.29) is 34.8 Å². The number of hydrogen-bond donors (Lipinski definition) is 1. The number of nitrogens with zero attached hydrogens (tertiary/aromatic N) is 1. The summed E-state index contributed by atoms with van der Waals surface area (Å²) in [4.78, 5) is 26.8. The summed E-state index contributed by atoms with van der Waals surface area (Å²) in [5, 5.41) is 2.79. The van der Waals surface area contributed by atoms with Gasteiger partial charge in [0.25, 0.3) is 0 Å². The van der Waals surface area contributed by atoms with Gasteiger partial charge in [-0.25, -0.2) is 8.42 Å². The molecule has 2 aliphatic heterocycles. The Balaban J connectivity index is 1.70. The fourth-order valence-corrected chi connectivity index (χ4v) is 5.05. The van der Waals surface area contributed by atoms with Crippen LogP contribution < -0.4 is 5.32 Å². The second kappa shape index (κ2) is 7.98. The van der Waals surface area contributed by atoms with Crippen molar-refractivity contribution in [2.75, 3.05) is 43.1 Å². The van der Waals surface area contributed by atoms with Crippen molar-refractivity contribution in [2.24, 2.45) is 5.92 Å². The normalized spacial score (nSPS) is 20.9. The number of benzene rings is 1. The van der Waals surface area contributed by atoms with E-state index in [2.05, 4.69) is 5.32 Å². The highest BCUT2D eigenvalue weighted by Crippen LogP contribution is 2.34. The molecule has 1 fully saturated rings. The Kier molecular flexibility index (Phi) is 5.89. The van der Waals surface area contributed by atoms with E-state index in [1.54, 1.807) is 17.0 Å². The van der Waals surface area contributed by atoms with Gasteiger partial charge in [-0.05, 0) is 18.2 Å². The number of nitrogens with one attached hydrogen (secondary N) is 1. The van der Waals surface area contributed by atoms with Crippen molar-refractivity contribution >= 4 is 39.1 Å². The second-order valence-electron chi connectivity index (χ2n) is 6.42. The van der Waals surface area contributed by atoms with Gasteiger partial charge < -0.3 is 15.0 Å². The number of ether oxygens (including phenoxy) is 1. The number of carbonyl (C=O) groups is 2. The number of morpholine rings is 1. The average molecular weight is 399 g/mol. The van der Waals surface area contributed by atoms with Gasteiger partial charge in [0.2, 0.25) is 11.8 Å². The molecule has 1 atom stereocenters. The lowest BCUT2D eigenvalue weighted by Crippen LogP contribution is -2.41. The zero-order chi connectivity index (χ0) is 18.7. The van der Waals surface area contributed by atoms with Gasteiger partial charge in [0, 0.05) is 36.1 Å². The molecule has 1 aromatic carbocycles. The Morgan fingerprint density at radius 1 is 1.35 bits per heavy atom. The summed E-state index contributed by atoms with van der Waals surface area (Å²) >= 11 is 1.53. The van der Waals surface area contributed by atoms with Crippen LogP contribution in [0.1, 0.15) is 13.3 Å². The summed E-state index contributed by atoms with van der Waals surface area (Å²) in [7, 11) is -3.61. The lowest BCUT2D eigenvalue weighted by Gasteiger charge is -2.26. The van der Waals surface area contributed by atoms with E-state index in [0.29, 0.717) is 37.7 Å². The number of thioether (sulfide) groups is 1. The minimum absolute atomic E-state index is 0.0580. The topological polar surface area (TPSA) is 92.8 Å². The molecule has 142 valence electrons. The van der Waals surface area contributed by atoms with E-state index in [1.165, 1.54) is 17.8 Å². The maximum absolute atomic E-state index is 12.6. The Morgan fingerprint density at radius 2 is 2.08 bits per heavy atom. The summed E-state index contributed by atoms with van der Waals surface area (Å²) in [5.41, 5.74) is 0.518. The van der Waals surface area contributed by atoms with Crippen molar-refractivity contribution < 1.29 is 22.7 Å². The van der Waals surface area contributed by atoms with Crippen LogP contribution >= 0.6 is 11.8 Å². The number of amides is 2. The smallest absolute Gasteiger partial charge is 0.228 e. The molecule has 3 rings (SSSR count). The predicted octanol–water partition coefficient (Wildman–Crippen LogP) is 1.39. The molecule has 0 saturated carbocycles. The largest absolute Gasteiger partial charge is 0.378 e. The standard InChI is InChI=1S/C17H22N2O5S2/c1-12-11-25-15-3-2-13(10-14(15)18-17(12)21)26(22,23)9-4-16(20)19-5-7-24-8-6-19/h2-3,10,12H,4-9,11H2,1H3,(H,18,21)/t12-/m0/s1. The number of sulfone groups is 1. The summed E-state index contributed by atoms with van der Waals surface area (Å²) in [6.45, 7) is 3.81. The zero-order valence-electron chi connectivity index (χ0n) is 14.6. The third-order valence-corrected chi connectivity index (χ3v) is 7.50. The number of anilines is 1. The van der Waals surface area contributed by atoms with Crippen LogP contribution in [-0.4, -0.2) is 62.9 Å². The molecule has 26 heavy (non-hydrogen) atoms. The van der Waals surface area contributed by atoms with Gasteiger partial charge in [0.05, 0.1) is 29.5 Å². The van der Waals surface area contributed by atoms with Gasteiger partial charge in [-0.3, -0.25) is 9.59 Å². The van der Waals surface area contributed by atoms with Crippen LogP contribution in [0.25, 0.3) is 0 Å². The monoisotopic (exact) mass is 398 g/mol. The minimum Gasteiger partial charge on any atom is -0.378 e. The van der Waals surface area contributed by atoms with Crippen LogP contribution in [0.4, 0.5) is 5.69 Å². The summed E-state index contributed by atoms with van der Waals surface area (Å²) < 4.78 is 30.4. The van der Waals surface area contributed by atoms with E-state index < -0.39 is 9.84 Å². The van der Waals surface area contributed by atoms with Crippen molar-refractivity contribution in [3.8, 4) is 0 Å². The third kappa shape index (κ3) is 4.39. The number of rotatable bonds is 4. The molecule has 0 aromatic heterocycles. The molecular formula is C17H22N2O5S2. The SMILES string of the molecule is C[C@H]1CSc2ccc(S(=O)(=O)CCC(=O)N3CCOCC3)cc2NC1=O. The van der Waals surface area contributed by atoms with Gasteiger partial charge in [0.15, 0.2) is 9.84 Å². The van der Waals surface area contributed by atoms with Crippen molar-refractivity contribution in [3.63, 3.8) is 0 Å². The van der Waals surface area contributed by atoms with Crippen LogP contribution in [0.3, 0.4) is 0 Å². The first-order valence-corrected chi connectivity index (χ1v) is 11.2. The lowest BCUT2D eigenvalue weighted by atomic mass is 10.2. The van der Waals surface area contributed by atoms with Crippen LogP contribution in [0.2, 0.25) is 0 Å².